The third-order valence-corrected chi connectivity index (χ3v) is 7.64. The van der Waals surface area contributed by atoms with Gasteiger partial charge in [0.05, 0.1) is 10.6 Å². The lowest BCUT2D eigenvalue weighted by atomic mass is 9.91. The summed E-state index contributed by atoms with van der Waals surface area (Å²) in [6.45, 7) is 10.0. The predicted molar refractivity (Wildman–Crippen MR) is 124 cm³/mol. The maximum Gasteiger partial charge on any atom is 0.221 e. The van der Waals surface area contributed by atoms with Gasteiger partial charge in [0.2, 0.25) is 5.91 Å². The molecule has 2 unspecified atom stereocenters. The van der Waals surface area contributed by atoms with E-state index in [1.807, 2.05) is 25.1 Å². The molecule has 1 amide bonds. The van der Waals surface area contributed by atoms with Crippen molar-refractivity contribution in [2.75, 3.05) is 18.8 Å². The number of aryl methyl sites for hydroxylation is 1. The van der Waals surface area contributed by atoms with E-state index in [4.69, 9.17) is 0 Å². The minimum atomic E-state index is -3.46. The van der Waals surface area contributed by atoms with Crippen molar-refractivity contribution >= 4 is 15.7 Å². The number of nitrogens with one attached hydrogen (secondary N) is 1. The van der Waals surface area contributed by atoms with Crippen LogP contribution in [0, 0.1) is 18.8 Å². The van der Waals surface area contributed by atoms with E-state index < -0.39 is 9.84 Å². The first-order chi connectivity index (χ1) is 14.7. The van der Waals surface area contributed by atoms with Gasteiger partial charge in [-0.05, 0) is 48.4 Å². The van der Waals surface area contributed by atoms with Crippen molar-refractivity contribution in [3.05, 3.63) is 65.2 Å². The summed E-state index contributed by atoms with van der Waals surface area (Å²) in [6, 6.07) is 14.9. The Kier molecular flexibility index (Phi) is 7.89. The van der Waals surface area contributed by atoms with Gasteiger partial charge in [-0.15, -0.1) is 0 Å². The maximum absolute atomic E-state index is 12.5. The number of piperidine rings is 1. The quantitative estimate of drug-likeness (QED) is 0.672. The van der Waals surface area contributed by atoms with Gasteiger partial charge in [0.1, 0.15) is 0 Å². The highest BCUT2D eigenvalue weighted by Gasteiger charge is 2.22. The van der Waals surface area contributed by atoms with Crippen molar-refractivity contribution in [2.24, 2.45) is 11.8 Å². The Morgan fingerprint density at radius 2 is 1.61 bits per heavy atom. The summed E-state index contributed by atoms with van der Waals surface area (Å²) in [7, 11) is -3.46. The van der Waals surface area contributed by atoms with E-state index in [9.17, 15) is 13.2 Å². The molecule has 1 heterocycles. The maximum atomic E-state index is 12.5. The molecule has 0 aliphatic carbocycles. The molecule has 1 aliphatic rings. The molecule has 6 heteroatoms. The van der Waals surface area contributed by atoms with Crippen molar-refractivity contribution in [3.63, 3.8) is 0 Å². The van der Waals surface area contributed by atoms with Crippen molar-refractivity contribution in [2.45, 2.75) is 51.6 Å². The summed E-state index contributed by atoms with van der Waals surface area (Å²) in [5.41, 5.74) is 3.31. The van der Waals surface area contributed by atoms with Crippen molar-refractivity contribution in [1.82, 2.24) is 10.2 Å². The van der Waals surface area contributed by atoms with E-state index in [1.54, 1.807) is 24.3 Å². The second kappa shape index (κ2) is 10.4. The fourth-order valence-corrected chi connectivity index (χ4v) is 5.66. The number of hydrogen-bond donors (Lipinski definition) is 1. The average Bonchev–Trinajstić information content (AvgIpc) is 2.71. The molecule has 0 radical (unpaired) electrons. The van der Waals surface area contributed by atoms with Gasteiger partial charge < -0.3 is 5.32 Å². The van der Waals surface area contributed by atoms with E-state index >= 15 is 0 Å². The van der Waals surface area contributed by atoms with Crippen LogP contribution in [0.4, 0.5) is 0 Å². The lowest BCUT2D eigenvalue weighted by Crippen LogP contribution is -2.38. The molecule has 168 valence electrons. The van der Waals surface area contributed by atoms with E-state index in [0.29, 0.717) is 18.4 Å². The molecule has 0 spiro atoms. The third-order valence-electron chi connectivity index (χ3n) is 5.91. The summed E-state index contributed by atoms with van der Waals surface area (Å²) in [5.74, 6) is 0.968. The Hall–Kier alpha value is -2.18. The standard InChI is InChI=1S/C25H34N2O3S/c1-19-8-10-24(11-9-19)31(29,30)13-12-25(28)26-15-22-6-4-5-7-23(22)18-27-16-20(2)14-21(3)17-27/h4-11,20-21H,12-18H2,1-3H3,(H,26,28). The molecule has 0 saturated carbocycles. The predicted octanol–water partition coefficient (Wildman–Crippen LogP) is 3.95. The Morgan fingerprint density at radius 3 is 2.26 bits per heavy atom. The first kappa shape index (κ1) is 23.5. The number of amides is 1. The van der Waals surface area contributed by atoms with E-state index in [2.05, 4.69) is 30.1 Å². The Morgan fingerprint density at radius 1 is 1.00 bits per heavy atom. The highest BCUT2D eigenvalue weighted by Crippen LogP contribution is 2.23. The minimum Gasteiger partial charge on any atom is -0.352 e. The van der Waals surface area contributed by atoms with Crippen LogP contribution in [0.25, 0.3) is 0 Å². The van der Waals surface area contributed by atoms with Crippen LogP contribution in [-0.2, 0) is 27.7 Å². The molecule has 2 aromatic rings. The summed E-state index contributed by atoms with van der Waals surface area (Å²) >= 11 is 0. The molecule has 2 atom stereocenters. The fraction of sp³-hybridized carbons (Fsp3) is 0.480. The largest absolute Gasteiger partial charge is 0.352 e. The Bertz CT molecular complexity index is 976. The van der Waals surface area contributed by atoms with Crippen LogP contribution in [0.1, 0.15) is 43.4 Å². The highest BCUT2D eigenvalue weighted by molar-refractivity contribution is 7.91. The number of benzene rings is 2. The number of rotatable bonds is 8. The van der Waals surface area contributed by atoms with Crippen molar-refractivity contribution < 1.29 is 13.2 Å². The summed E-state index contributed by atoms with van der Waals surface area (Å²) in [4.78, 5) is 15.1. The summed E-state index contributed by atoms with van der Waals surface area (Å²) < 4.78 is 24.9. The van der Waals surface area contributed by atoms with E-state index in [0.717, 1.165) is 30.8 Å². The molecule has 0 bridgehead atoms. The highest BCUT2D eigenvalue weighted by atomic mass is 32.2. The van der Waals surface area contributed by atoms with E-state index in [-0.39, 0.29) is 23.0 Å². The lowest BCUT2D eigenvalue weighted by molar-refractivity contribution is -0.120. The molecule has 1 N–H and O–H groups in total. The first-order valence-electron chi connectivity index (χ1n) is 11.1. The summed E-state index contributed by atoms with van der Waals surface area (Å²) in [5, 5.41) is 2.91. The van der Waals surface area contributed by atoms with Crippen LogP contribution >= 0.6 is 0 Å². The smallest absolute Gasteiger partial charge is 0.221 e. The SMILES string of the molecule is Cc1ccc(S(=O)(=O)CCC(=O)NCc2ccccc2CN2CC(C)CC(C)C2)cc1. The zero-order valence-corrected chi connectivity index (χ0v) is 19.6. The number of likely N-dealkylation sites (tertiary alicyclic amines) is 1. The van der Waals surface area contributed by atoms with Crippen LogP contribution in [0.2, 0.25) is 0 Å². The fourth-order valence-electron chi connectivity index (χ4n) is 4.42. The van der Waals surface area contributed by atoms with Gasteiger partial charge in [-0.25, -0.2) is 8.42 Å². The zero-order chi connectivity index (χ0) is 22.4. The van der Waals surface area contributed by atoms with Gasteiger partial charge in [0.25, 0.3) is 0 Å². The van der Waals surface area contributed by atoms with Gasteiger partial charge in [-0.1, -0.05) is 55.8 Å². The van der Waals surface area contributed by atoms with Crippen LogP contribution < -0.4 is 5.32 Å². The first-order valence-corrected chi connectivity index (χ1v) is 12.7. The molecule has 5 nitrogen and oxygen atoms in total. The van der Waals surface area contributed by atoms with E-state index in [1.165, 1.54) is 12.0 Å². The number of hydrogen-bond acceptors (Lipinski definition) is 4. The molecule has 2 aromatic carbocycles. The topological polar surface area (TPSA) is 66.5 Å². The van der Waals surface area contributed by atoms with Gasteiger partial charge in [0, 0.05) is 32.6 Å². The van der Waals surface area contributed by atoms with Crippen molar-refractivity contribution in [3.8, 4) is 0 Å². The average molecular weight is 443 g/mol. The molecule has 0 aromatic heterocycles. The Labute approximate surface area is 186 Å². The normalized spacial score (nSPS) is 19.8. The zero-order valence-electron chi connectivity index (χ0n) is 18.8. The number of nitrogens with zero attached hydrogens (tertiary/aromatic N) is 1. The minimum absolute atomic E-state index is 0.0421. The lowest BCUT2D eigenvalue weighted by Gasteiger charge is -2.35. The monoisotopic (exact) mass is 442 g/mol. The molecule has 31 heavy (non-hydrogen) atoms. The van der Waals surface area contributed by atoms with Crippen LogP contribution in [0.5, 0.6) is 0 Å². The molecular formula is C25H34N2O3S. The second-order valence-electron chi connectivity index (χ2n) is 9.07. The molecule has 1 fully saturated rings. The molecule has 1 aliphatic heterocycles. The van der Waals surface area contributed by atoms with Gasteiger partial charge in [-0.3, -0.25) is 9.69 Å². The number of sulfone groups is 1. The van der Waals surface area contributed by atoms with Crippen LogP contribution in [0.15, 0.2) is 53.4 Å². The van der Waals surface area contributed by atoms with Gasteiger partial charge in [-0.2, -0.15) is 0 Å². The van der Waals surface area contributed by atoms with Crippen LogP contribution in [0.3, 0.4) is 0 Å². The molecular weight excluding hydrogens is 408 g/mol. The van der Waals surface area contributed by atoms with Gasteiger partial charge in [0.15, 0.2) is 9.84 Å². The third kappa shape index (κ3) is 6.91. The number of carbonyl (C=O) groups excluding carboxylic acids is 1. The van der Waals surface area contributed by atoms with Crippen molar-refractivity contribution in [1.29, 1.82) is 0 Å². The van der Waals surface area contributed by atoms with Gasteiger partial charge >= 0.3 is 0 Å². The second-order valence-corrected chi connectivity index (χ2v) is 11.2. The summed E-state index contributed by atoms with van der Waals surface area (Å²) in [6.07, 6.45) is 1.24. The van der Waals surface area contributed by atoms with Crippen LogP contribution in [-0.4, -0.2) is 38.1 Å². The molecule has 3 rings (SSSR count). The molecule has 1 saturated heterocycles. The Balaban J connectivity index is 1.54. The number of carbonyl (C=O) groups is 1.